The molecule has 0 aromatic carbocycles. The van der Waals surface area contributed by atoms with Crippen molar-refractivity contribution in [2.45, 2.75) is 31.5 Å². The van der Waals surface area contributed by atoms with E-state index >= 15 is 0 Å². The van der Waals surface area contributed by atoms with Gasteiger partial charge in [-0.05, 0) is 19.3 Å². The first-order chi connectivity index (χ1) is 4.87. The van der Waals surface area contributed by atoms with Crippen molar-refractivity contribution in [2.75, 3.05) is 13.7 Å². The van der Waals surface area contributed by atoms with Crippen molar-refractivity contribution < 1.29 is 9.47 Å². The largest absolute Gasteiger partial charge is 0.353 e. The van der Waals surface area contributed by atoms with Gasteiger partial charge in [-0.2, -0.15) is 0 Å². The Bertz CT molecular complexity index is 123. The van der Waals surface area contributed by atoms with Crippen molar-refractivity contribution in [3.05, 3.63) is 0 Å². The summed E-state index contributed by atoms with van der Waals surface area (Å²) in [5, 5.41) is 0. The summed E-state index contributed by atoms with van der Waals surface area (Å²) in [5.41, 5.74) is 0. The Morgan fingerprint density at radius 3 is 2.70 bits per heavy atom. The summed E-state index contributed by atoms with van der Waals surface area (Å²) in [6.07, 6.45) is 4.88. The molecule has 0 N–H and O–H groups in total. The minimum absolute atomic E-state index is 0.153. The third-order valence-corrected chi connectivity index (χ3v) is 2.56. The van der Waals surface area contributed by atoms with E-state index in [2.05, 4.69) is 0 Å². The van der Waals surface area contributed by atoms with Crippen molar-refractivity contribution in [3.63, 3.8) is 0 Å². The second kappa shape index (κ2) is 2.21. The first kappa shape index (κ1) is 6.62. The van der Waals surface area contributed by atoms with Crippen molar-refractivity contribution in [1.29, 1.82) is 0 Å². The number of methoxy groups -OCH3 is 1. The second-order valence-electron chi connectivity index (χ2n) is 3.24. The molecular formula is C8H14O2. The van der Waals surface area contributed by atoms with Gasteiger partial charge in [-0.25, -0.2) is 0 Å². The fourth-order valence-electron chi connectivity index (χ4n) is 1.81. The summed E-state index contributed by atoms with van der Waals surface area (Å²) in [6.45, 7) is 0.893. The van der Waals surface area contributed by atoms with Crippen LogP contribution in [-0.4, -0.2) is 19.5 Å². The molecule has 0 amide bonds. The molecule has 58 valence electrons. The minimum atomic E-state index is -0.153. The maximum Gasteiger partial charge on any atom is 0.170 e. The van der Waals surface area contributed by atoms with Gasteiger partial charge in [-0.1, -0.05) is 0 Å². The van der Waals surface area contributed by atoms with Gasteiger partial charge in [0.15, 0.2) is 5.79 Å². The molecule has 1 aliphatic carbocycles. The standard InChI is InChI=1S/C8H14O2/c1-9-8(7-3-4-7)5-2-6-10-8/h7H,2-6H2,1H3. The van der Waals surface area contributed by atoms with Crippen molar-refractivity contribution in [3.8, 4) is 0 Å². The quantitative estimate of drug-likeness (QED) is 0.582. The first-order valence-corrected chi connectivity index (χ1v) is 4.06. The van der Waals surface area contributed by atoms with Gasteiger partial charge < -0.3 is 9.47 Å². The Hall–Kier alpha value is -0.0800. The van der Waals surface area contributed by atoms with E-state index in [1.807, 2.05) is 0 Å². The van der Waals surface area contributed by atoms with Crippen LogP contribution in [0.15, 0.2) is 0 Å². The molecule has 1 atom stereocenters. The zero-order chi connectivity index (χ0) is 7.03. The van der Waals surface area contributed by atoms with Crippen LogP contribution in [0.4, 0.5) is 0 Å². The molecule has 1 unspecified atom stereocenters. The molecule has 2 aliphatic rings. The molecule has 1 aliphatic heterocycles. The van der Waals surface area contributed by atoms with Crippen LogP contribution in [0.25, 0.3) is 0 Å². The highest BCUT2D eigenvalue weighted by Crippen LogP contribution is 2.47. The van der Waals surface area contributed by atoms with E-state index < -0.39 is 0 Å². The Kier molecular flexibility index (Phi) is 1.46. The lowest BCUT2D eigenvalue weighted by atomic mass is 10.1. The van der Waals surface area contributed by atoms with Crippen LogP contribution < -0.4 is 0 Å². The number of rotatable bonds is 2. The highest BCUT2D eigenvalue weighted by molar-refractivity contribution is 4.91. The second-order valence-corrected chi connectivity index (χ2v) is 3.24. The van der Waals surface area contributed by atoms with Crippen molar-refractivity contribution in [2.24, 2.45) is 5.92 Å². The Morgan fingerprint density at radius 1 is 1.50 bits per heavy atom. The maximum atomic E-state index is 5.59. The SMILES string of the molecule is COC1(C2CC2)CCCO1. The summed E-state index contributed by atoms with van der Waals surface area (Å²) in [4.78, 5) is 0. The molecule has 0 radical (unpaired) electrons. The molecule has 0 bridgehead atoms. The van der Waals surface area contributed by atoms with Gasteiger partial charge in [0.1, 0.15) is 0 Å². The zero-order valence-electron chi connectivity index (χ0n) is 6.43. The topological polar surface area (TPSA) is 18.5 Å². The van der Waals surface area contributed by atoms with Crippen LogP contribution in [0.3, 0.4) is 0 Å². The molecule has 2 fully saturated rings. The molecule has 2 rings (SSSR count). The zero-order valence-corrected chi connectivity index (χ0v) is 6.43. The lowest BCUT2D eigenvalue weighted by Crippen LogP contribution is -2.32. The average molecular weight is 142 g/mol. The molecule has 0 aromatic heterocycles. The molecule has 1 saturated carbocycles. The van der Waals surface area contributed by atoms with Gasteiger partial charge in [0, 0.05) is 19.4 Å². The first-order valence-electron chi connectivity index (χ1n) is 4.06. The predicted molar refractivity (Wildman–Crippen MR) is 37.6 cm³/mol. The van der Waals surface area contributed by atoms with Crippen LogP contribution >= 0.6 is 0 Å². The van der Waals surface area contributed by atoms with E-state index in [4.69, 9.17) is 9.47 Å². The molecule has 10 heavy (non-hydrogen) atoms. The highest BCUT2D eigenvalue weighted by Gasteiger charge is 2.48. The maximum absolute atomic E-state index is 5.59. The van der Waals surface area contributed by atoms with Gasteiger partial charge in [0.2, 0.25) is 0 Å². The molecule has 2 heteroatoms. The lowest BCUT2D eigenvalue weighted by molar-refractivity contribution is -0.207. The monoisotopic (exact) mass is 142 g/mol. The average Bonchev–Trinajstić information content (AvgIpc) is 2.71. The third kappa shape index (κ3) is 0.867. The van der Waals surface area contributed by atoms with Crippen LogP contribution in [-0.2, 0) is 9.47 Å². The fourth-order valence-corrected chi connectivity index (χ4v) is 1.81. The summed E-state index contributed by atoms with van der Waals surface area (Å²) in [7, 11) is 1.77. The van der Waals surface area contributed by atoms with E-state index in [0.29, 0.717) is 5.92 Å². The molecule has 0 aromatic rings. The van der Waals surface area contributed by atoms with Crippen molar-refractivity contribution in [1.82, 2.24) is 0 Å². The molecule has 2 nitrogen and oxygen atoms in total. The van der Waals surface area contributed by atoms with Gasteiger partial charge in [0.25, 0.3) is 0 Å². The molecule has 1 saturated heterocycles. The molecular weight excluding hydrogens is 128 g/mol. The van der Waals surface area contributed by atoms with E-state index in [0.717, 1.165) is 13.0 Å². The number of hydrogen-bond acceptors (Lipinski definition) is 2. The van der Waals surface area contributed by atoms with Gasteiger partial charge >= 0.3 is 0 Å². The normalized spacial score (nSPS) is 40.5. The summed E-state index contributed by atoms with van der Waals surface area (Å²) >= 11 is 0. The van der Waals surface area contributed by atoms with Crippen LogP contribution in [0.1, 0.15) is 25.7 Å². The Balaban J connectivity index is 2.04. The van der Waals surface area contributed by atoms with Gasteiger partial charge in [0.05, 0.1) is 6.61 Å². The Labute approximate surface area is 61.5 Å². The summed E-state index contributed by atoms with van der Waals surface area (Å²) < 4.78 is 11.0. The predicted octanol–water partition coefficient (Wildman–Crippen LogP) is 1.55. The van der Waals surface area contributed by atoms with E-state index in [1.165, 1.54) is 19.3 Å². The minimum Gasteiger partial charge on any atom is -0.353 e. The summed E-state index contributed by atoms with van der Waals surface area (Å²) in [6, 6.07) is 0. The lowest BCUT2D eigenvalue weighted by Gasteiger charge is -2.26. The van der Waals surface area contributed by atoms with E-state index in [-0.39, 0.29) is 5.79 Å². The van der Waals surface area contributed by atoms with E-state index in [9.17, 15) is 0 Å². The molecule has 1 heterocycles. The fraction of sp³-hybridized carbons (Fsp3) is 1.00. The molecule has 0 spiro atoms. The van der Waals surface area contributed by atoms with Crippen molar-refractivity contribution >= 4 is 0 Å². The van der Waals surface area contributed by atoms with Gasteiger partial charge in [-0.3, -0.25) is 0 Å². The third-order valence-electron chi connectivity index (χ3n) is 2.56. The number of hydrogen-bond donors (Lipinski definition) is 0. The van der Waals surface area contributed by atoms with Gasteiger partial charge in [-0.15, -0.1) is 0 Å². The highest BCUT2D eigenvalue weighted by atomic mass is 16.7. The van der Waals surface area contributed by atoms with Crippen LogP contribution in [0.5, 0.6) is 0 Å². The van der Waals surface area contributed by atoms with Crippen LogP contribution in [0.2, 0.25) is 0 Å². The Morgan fingerprint density at radius 2 is 2.30 bits per heavy atom. The number of ether oxygens (including phenoxy) is 2. The summed E-state index contributed by atoms with van der Waals surface area (Å²) in [5.74, 6) is 0.556. The van der Waals surface area contributed by atoms with Crippen LogP contribution in [0, 0.1) is 5.92 Å². The van der Waals surface area contributed by atoms with E-state index in [1.54, 1.807) is 7.11 Å². The smallest absolute Gasteiger partial charge is 0.170 e.